The Labute approximate surface area is 253 Å². The molecule has 1 saturated heterocycles. The van der Waals surface area contributed by atoms with Gasteiger partial charge < -0.3 is 4.74 Å². The molecule has 196 valence electrons. The quantitative estimate of drug-likeness (QED) is 0.169. The Balaban J connectivity index is 1.38. The van der Waals surface area contributed by atoms with Crippen molar-refractivity contribution >= 4 is 82.9 Å². The Hall–Kier alpha value is -3.65. The zero-order valence-electron chi connectivity index (χ0n) is 21.1. The van der Waals surface area contributed by atoms with Crippen LogP contribution in [0.5, 0.6) is 5.75 Å². The molecular weight excluding hydrogens is 648 g/mol. The third-order valence-corrected chi connectivity index (χ3v) is 8.39. The molecule has 0 spiro atoms. The van der Waals surface area contributed by atoms with Gasteiger partial charge in [-0.15, -0.1) is 0 Å². The standard InChI is InChI=1S/C33H22Br2N2O2S/c34-25-18-24(31(29(35)20-25)39-21-23-12-9-11-22-10-7-8-17-28(22)23)19-30-32(38)37(27-15-5-2-6-16-27)33(40-30)36-26-13-3-1-4-14-26/h1-20H,21H2/b30-19+,36-33?. The van der Waals surface area contributed by atoms with Crippen LogP contribution in [-0.2, 0) is 11.4 Å². The fourth-order valence-corrected chi connectivity index (χ4v) is 6.88. The number of thioether (sulfide) groups is 1. The fraction of sp³-hybridized carbons (Fsp3) is 0.0303. The number of amides is 1. The van der Waals surface area contributed by atoms with E-state index in [0.717, 1.165) is 36.8 Å². The average Bonchev–Trinajstić information content (AvgIpc) is 3.27. The predicted molar refractivity (Wildman–Crippen MR) is 173 cm³/mol. The molecule has 0 bridgehead atoms. The molecule has 5 aromatic carbocycles. The predicted octanol–water partition coefficient (Wildman–Crippen LogP) is 9.75. The van der Waals surface area contributed by atoms with Crippen molar-refractivity contribution in [2.45, 2.75) is 6.61 Å². The lowest BCUT2D eigenvalue weighted by molar-refractivity contribution is -0.113. The molecule has 1 amide bonds. The summed E-state index contributed by atoms with van der Waals surface area (Å²) in [7, 11) is 0. The molecule has 4 nitrogen and oxygen atoms in total. The SMILES string of the molecule is O=C1/C(=C\c2cc(Br)cc(Br)c2OCc2cccc3ccccc23)SC(=Nc2ccccc2)N1c1ccccc1. The van der Waals surface area contributed by atoms with Crippen molar-refractivity contribution in [3.63, 3.8) is 0 Å². The third-order valence-electron chi connectivity index (χ3n) is 6.38. The molecule has 0 radical (unpaired) electrons. The summed E-state index contributed by atoms with van der Waals surface area (Å²) < 4.78 is 8.09. The van der Waals surface area contributed by atoms with Crippen LogP contribution in [0.4, 0.5) is 11.4 Å². The van der Waals surface area contributed by atoms with Crippen molar-refractivity contribution in [3.8, 4) is 5.75 Å². The summed E-state index contributed by atoms with van der Waals surface area (Å²) in [6.45, 7) is 0.385. The maximum Gasteiger partial charge on any atom is 0.271 e. The smallest absolute Gasteiger partial charge is 0.271 e. The second kappa shape index (κ2) is 11.8. The molecule has 6 rings (SSSR count). The number of ether oxygens (including phenoxy) is 1. The monoisotopic (exact) mass is 668 g/mol. The van der Waals surface area contributed by atoms with Gasteiger partial charge in [0.2, 0.25) is 0 Å². The highest BCUT2D eigenvalue weighted by Crippen LogP contribution is 2.41. The summed E-state index contributed by atoms with van der Waals surface area (Å²) in [6, 6.07) is 37.6. The molecule has 40 heavy (non-hydrogen) atoms. The van der Waals surface area contributed by atoms with Crippen LogP contribution >= 0.6 is 43.6 Å². The second-order valence-corrected chi connectivity index (χ2v) is 11.8. The van der Waals surface area contributed by atoms with Crippen LogP contribution in [-0.4, -0.2) is 11.1 Å². The minimum absolute atomic E-state index is 0.137. The topological polar surface area (TPSA) is 41.9 Å². The fourth-order valence-electron chi connectivity index (χ4n) is 4.52. The first kappa shape index (κ1) is 26.6. The lowest BCUT2D eigenvalue weighted by Crippen LogP contribution is -2.28. The van der Waals surface area contributed by atoms with Crippen LogP contribution in [0.25, 0.3) is 16.8 Å². The largest absolute Gasteiger partial charge is 0.487 e. The van der Waals surface area contributed by atoms with Crippen molar-refractivity contribution in [1.82, 2.24) is 0 Å². The molecule has 0 atom stereocenters. The molecule has 1 fully saturated rings. The van der Waals surface area contributed by atoms with Gasteiger partial charge in [0.15, 0.2) is 5.17 Å². The summed E-state index contributed by atoms with van der Waals surface area (Å²) in [6.07, 6.45) is 1.88. The highest BCUT2D eigenvalue weighted by molar-refractivity contribution is 9.11. The maximum atomic E-state index is 13.8. The Morgan fingerprint density at radius 1 is 0.825 bits per heavy atom. The first-order chi connectivity index (χ1) is 19.6. The highest BCUT2D eigenvalue weighted by Gasteiger charge is 2.35. The summed E-state index contributed by atoms with van der Waals surface area (Å²) in [5.74, 6) is 0.527. The number of anilines is 1. The number of hydrogen-bond acceptors (Lipinski definition) is 4. The van der Waals surface area contributed by atoms with E-state index in [1.807, 2.05) is 97.1 Å². The number of halogens is 2. The van der Waals surface area contributed by atoms with E-state index in [1.165, 1.54) is 17.1 Å². The van der Waals surface area contributed by atoms with Gasteiger partial charge in [0.05, 0.1) is 20.8 Å². The summed E-state index contributed by atoms with van der Waals surface area (Å²) in [5.41, 5.74) is 3.42. The van der Waals surface area contributed by atoms with E-state index < -0.39 is 0 Å². The van der Waals surface area contributed by atoms with E-state index >= 15 is 0 Å². The van der Waals surface area contributed by atoms with E-state index in [2.05, 4.69) is 56.1 Å². The average molecular weight is 670 g/mol. The number of para-hydroxylation sites is 2. The Morgan fingerprint density at radius 2 is 1.52 bits per heavy atom. The summed E-state index contributed by atoms with van der Waals surface area (Å²) >= 11 is 8.63. The lowest BCUT2D eigenvalue weighted by Gasteiger charge is -2.15. The number of fused-ring (bicyclic) bond motifs is 1. The number of rotatable bonds is 6. The molecule has 0 unspecified atom stereocenters. The number of amidine groups is 1. The first-order valence-corrected chi connectivity index (χ1v) is 15.0. The summed E-state index contributed by atoms with van der Waals surface area (Å²) in [5, 5.41) is 2.92. The van der Waals surface area contributed by atoms with Crippen LogP contribution in [0.2, 0.25) is 0 Å². The summed E-state index contributed by atoms with van der Waals surface area (Å²) in [4.78, 5) is 20.8. The number of carbonyl (C=O) groups excluding carboxylic acids is 1. The molecule has 1 heterocycles. The first-order valence-electron chi connectivity index (χ1n) is 12.6. The Bertz CT molecular complexity index is 1770. The van der Waals surface area contributed by atoms with E-state index in [1.54, 1.807) is 4.90 Å². The van der Waals surface area contributed by atoms with E-state index in [0.29, 0.717) is 22.4 Å². The zero-order valence-corrected chi connectivity index (χ0v) is 25.1. The number of hydrogen-bond donors (Lipinski definition) is 0. The second-order valence-electron chi connectivity index (χ2n) is 9.05. The minimum Gasteiger partial charge on any atom is -0.487 e. The van der Waals surface area contributed by atoms with Gasteiger partial charge in [-0.1, -0.05) is 94.8 Å². The molecule has 0 aromatic heterocycles. The minimum atomic E-state index is -0.137. The van der Waals surface area contributed by atoms with Crippen LogP contribution in [0.1, 0.15) is 11.1 Å². The number of nitrogens with zero attached hydrogens (tertiary/aromatic N) is 2. The van der Waals surface area contributed by atoms with E-state index in [4.69, 9.17) is 9.73 Å². The van der Waals surface area contributed by atoms with Crippen LogP contribution in [0.3, 0.4) is 0 Å². The van der Waals surface area contributed by atoms with Gasteiger partial charge in [-0.3, -0.25) is 9.69 Å². The van der Waals surface area contributed by atoms with Gasteiger partial charge >= 0.3 is 0 Å². The number of aliphatic imine (C=N–C) groups is 1. The van der Waals surface area contributed by atoms with Crippen molar-refractivity contribution in [1.29, 1.82) is 0 Å². The van der Waals surface area contributed by atoms with Gasteiger partial charge in [-0.05, 0) is 86.5 Å². The normalized spacial score (nSPS) is 15.3. The molecule has 1 aliphatic rings. The van der Waals surface area contributed by atoms with Gasteiger partial charge in [-0.25, -0.2) is 4.99 Å². The van der Waals surface area contributed by atoms with Crippen molar-refractivity contribution in [2.24, 2.45) is 4.99 Å². The molecule has 7 heteroatoms. The highest BCUT2D eigenvalue weighted by atomic mass is 79.9. The molecule has 5 aromatic rings. The van der Waals surface area contributed by atoms with E-state index in [-0.39, 0.29) is 5.91 Å². The third kappa shape index (κ3) is 5.63. The van der Waals surface area contributed by atoms with Crippen LogP contribution in [0, 0.1) is 0 Å². The van der Waals surface area contributed by atoms with Crippen molar-refractivity contribution in [2.75, 3.05) is 4.90 Å². The molecule has 0 aliphatic carbocycles. The molecule has 0 saturated carbocycles. The van der Waals surface area contributed by atoms with Gasteiger partial charge in [0.1, 0.15) is 12.4 Å². The Kier molecular flexibility index (Phi) is 7.86. The van der Waals surface area contributed by atoms with Crippen LogP contribution in [0.15, 0.2) is 134 Å². The van der Waals surface area contributed by atoms with Gasteiger partial charge in [-0.2, -0.15) is 0 Å². The van der Waals surface area contributed by atoms with Crippen LogP contribution < -0.4 is 9.64 Å². The molecule has 0 N–H and O–H groups in total. The molecule has 1 aliphatic heterocycles. The van der Waals surface area contributed by atoms with Gasteiger partial charge in [0.25, 0.3) is 5.91 Å². The van der Waals surface area contributed by atoms with E-state index in [9.17, 15) is 4.79 Å². The maximum absolute atomic E-state index is 13.8. The zero-order chi connectivity index (χ0) is 27.5. The lowest BCUT2D eigenvalue weighted by atomic mass is 10.1. The number of benzene rings is 5. The number of carbonyl (C=O) groups is 1. The van der Waals surface area contributed by atoms with Gasteiger partial charge in [0, 0.05) is 10.0 Å². The molecular formula is C33H22Br2N2O2S. The van der Waals surface area contributed by atoms with Crippen molar-refractivity contribution < 1.29 is 9.53 Å². The Morgan fingerprint density at radius 3 is 2.33 bits per heavy atom. The van der Waals surface area contributed by atoms with Crippen molar-refractivity contribution in [3.05, 3.63) is 140 Å².